The zero-order valence-electron chi connectivity index (χ0n) is 10.1. The van der Waals surface area contributed by atoms with E-state index in [0.29, 0.717) is 5.56 Å². The lowest BCUT2D eigenvalue weighted by molar-refractivity contribution is -0.121. The Balaban J connectivity index is 1.80. The number of phenolic OH excluding ortho intramolecular Hbond substituents is 1. The zero-order chi connectivity index (χ0) is 13.7. The van der Waals surface area contributed by atoms with Gasteiger partial charge in [-0.3, -0.25) is 15.0 Å². The van der Waals surface area contributed by atoms with Crippen LogP contribution in [0.1, 0.15) is 18.4 Å². The second-order valence-corrected chi connectivity index (χ2v) is 4.15. The summed E-state index contributed by atoms with van der Waals surface area (Å²) < 4.78 is 0. The summed E-state index contributed by atoms with van der Waals surface area (Å²) >= 11 is 0. The van der Waals surface area contributed by atoms with Gasteiger partial charge in [0, 0.05) is 24.4 Å². The quantitative estimate of drug-likeness (QED) is 0.439. The fourth-order valence-electron chi connectivity index (χ4n) is 1.67. The molecule has 4 N–H and O–H groups in total. The Morgan fingerprint density at radius 1 is 1.53 bits per heavy atom. The number of hydrogen-bond acceptors (Lipinski definition) is 5. The standard InChI is InChI=1S/C12H14N4O3/c17-10-4-2-1-3-8(10)7-13-15-11(18)5-9-6-12(19)16-14-9/h1-4,7,9,14,17H,5-6H2,(H,15,18)(H,16,19)/b13-7+. The van der Waals surface area contributed by atoms with Crippen molar-refractivity contribution in [1.29, 1.82) is 0 Å². The summed E-state index contributed by atoms with van der Waals surface area (Å²) in [7, 11) is 0. The first-order chi connectivity index (χ1) is 9.15. The number of hydrazone groups is 1. The number of amides is 2. The molecule has 0 aromatic heterocycles. The van der Waals surface area contributed by atoms with E-state index in [0.717, 1.165) is 0 Å². The van der Waals surface area contributed by atoms with E-state index in [2.05, 4.69) is 21.4 Å². The van der Waals surface area contributed by atoms with Gasteiger partial charge in [0.25, 0.3) is 0 Å². The smallest absolute Gasteiger partial charge is 0.241 e. The number of hydrazine groups is 1. The predicted molar refractivity (Wildman–Crippen MR) is 68.1 cm³/mol. The Bertz CT molecular complexity index is 515. The van der Waals surface area contributed by atoms with Gasteiger partial charge in [0.15, 0.2) is 0 Å². The van der Waals surface area contributed by atoms with Crippen LogP contribution >= 0.6 is 0 Å². The molecule has 0 radical (unpaired) electrons. The number of benzene rings is 1. The van der Waals surface area contributed by atoms with Crippen molar-refractivity contribution >= 4 is 18.0 Å². The van der Waals surface area contributed by atoms with Gasteiger partial charge in [-0.05, 0) is 12.1 Å². The number of rotatable bonds is 4. The maximum absolute atomic E-state index is 11.5. The third-order valence-corrected chi connectivity index (χ3v) is 2.61. The van der Waals surface area contributed by atoms with Crippen molar-refractivity contribution in [2.45, 2.75) is 18.9 Å². The third kappa shape index (κ3) is 3.78. The van der Waals surface area contributed by atoms with Gasteiger partial charge in [0.05, 0.1) is 6.21 Å². The average molecular weight is 262 g/mol. The predicted octanol–water partition coefficient (Wildman–Crippen LogP) is -0.374. The van der Waals surface area contributed by atoms with Gasteiger partial charge in [0.1, 0.15) is 5.75 Å². The highest BCUT2D eigenvalue weighted by atomic mass is 16.3. The summed E-state index contributed by atoms with van der Waals surface area (Å²) in [6.07, 6.45) is 1.78. The fourth-order valence-corrected chi connectivity index (χ4v) is 1.67. The molecule has 1 aromatic rings. The van der Waals surface area contributed by atoms with Crippen LogP contribution in [-0.4, -0.2) is 29.2 Å². The largest absolute Gasteiger partial charge is 0.507 e. The summed E-state index contributed by atoms with van der Waals surface area (Å²) in [5, 5.41) is 13.2. The Labute approximate surface area is 109 Å². The first-order valence-electron chi connectivity index (χ1n) is 5.79. The van der Waals surface area contributed by atoms with Gasteiger partial charge in [0.2, 0.25) is 11.8 Å². The number of phenols is 1. The molecule has 19 heavy (non-hydrogen) atoms. The summed E-state index contributed by atoms with van der Waals surface area (Å²) in [5.74, 6) is -0.344. The highest BCUT2D eigenvalue weighted by Crippen LogP contribution is 2.12. The van der Waals surface area contributed by atoms with Crippen molar-refractivity contribution in [3.8, 4) is 5.75 Å². The molecular formula is C12H14N4O3. The number of nitrogens with zero attached hydrogens (tertiary/aromatic N) is 1. The van der Waals surface area contributed by atoms with Crippen molar-refractivity contribution in [2.24, 2.45) is 5.10 Å². The minimum Gasteiger partial charge on any atom is -0.507 e. The number of carbonyl (C=O) groups excluding carboxylic acids is 2. The third-order valence-electron chi connectivity index (χ3n) is 2.61. The van der Waals surface area contributed by atoms with Crippen LogP contribution in [0.15, 0.2) is 29.4 Å². The molecule has 100 valence electrons. The first-order valence-corrected chi connectivity index (χ1v) is 5.79. The highest BCUT2D eigenvalue weighted by molar-refractivity contribution is 5.85. The zero-order valence-corrected chi connectivity index (χ0v) is 10.1. The number of aromatic hydroxyl groups is 1. The first kappa shape index (κ1) is 13.0. The van der Waals surface area contributed by atoms with Gasteiger partial charge >= 0.3 is 0 Å². The van der Waals surface area contributed by atoms with E-state index < -0.39 is 0 Å². The maximum Gasteiger partial charge on any atom is 0.241 e. The summed E-state index contributed by atoms with van der Waals surface area (Å²) in [6, 6.07) is 6.44. The van der Waals surface area contributed by atoms with Crippen LogP contribution in [0.3, 0.4) is 0 Å². The van der Waals surface area contributed by atoms with Crippen molar-refractivity contribution in [3.63, 3.8) is 0 Å². The van der Waals surface area contributed by atoms with Gasteiger partial charge in [-0.25, -0.2) is 10.9 Å². The minimum atomic E-state index is -0.305. The van der Waals surface area contributed by atoms with Crippen LogP contribution in [-0.2, 0) is 9.59 Å². The lowest BCUT2D eigenvalue weighted by Crippen LogP contribution is -2.34. The van der Waals surface area contributed by atoms with Crippen molar-refractivity contribution in [2.75, 3.05) is 0 Å². The van der Waals surface area contributed by atoms with Crippen molar-refractivity contribution in [3.05, 3.63) is 29.8 Å². The van der Waals surface area contributed by atoms with E-state index in [9.17, 15) is 14.7 Å². The van der Waals surface area contributed by atoms with E-state index in [4.69, 9.17) is 0 Å². The molecule has 7 nitrogen and oxygen atoms in total. The Hall–Kier alpha value is -2.41. The molecule has 0 spiro atoms. The molecular weight excluding hydrogens is 248 g/mol. The molecule has 1 heterocycles. The molecule has 0 bridgehead atoms. The topological polar surface area (TPSA) is 103 Å². The average Bonchev–Trinajstić information content (AvgIpc) is 2.77. The molecule has 1 fully saturated rings. The molecule has 1 aliphatic rings. The molecule has 1 aliphatic heterocycles. The molecule has 1 unspecified atom stereocenters. The van der Waals surface area contributed by atoms with Crippen LogP contribution in [0.5, 0.6) is 5.75 Å². The van der Waals surface area contributed by atoms with Crippen LogP contribution in [0.25, 0.3) is 0 Å². The van der Waals surface area contributed by atoms with E-state index in [1.165, 1.54) is 12.3 Å². The monoisotopic (exact) mass is 262 g/mol. The van der Waals surface area contributed by atoms with Crippen LogP contribution in [0.4, 0.5) is 0 Å². The number of para-hydroxylation sites is 1. The van der Waals surface area contributed by atoms with Crippen LogP contribution < -0.4 is 16.3 Å². The highest BCUT2D eigenvalue weighted by Gasteiger charge is 2.23. The molecule has 1 aromatic carbocycles. The second-order valence-electron chi connectivity index (χ2n) is 4.15. The Morgan fingerprint density at radius 2 is 2.32 bits per heavy atom. The molecule has 0 aliphatic carbocycles. The van der Waals surface area contributed by atoms with Crippen LogP contribution in [0, 0.1) is 0 Å². The minimum absolute atomic E-state index is 0.0905. The molecule has 2 rings (SSSR count). The molecule has 0 saturated carbocycles. The lowest BCUT2D eigenvalue weighted by Gasteiger charge is -2.05. The summed E-state index contributed by atoms with van der Waals surface area (Å²) in [4.78, 5) is 22.4. The van der Waals surface area contributed by atoms with E-state index in [1.807, 2.05) is 0 Å². The van der Waals surface area contributed by atoms with E-state index in [1.54, 1.807) is 18.2 Å². The molecule has 2 amide bonds. The normalized spacial score (nSPS) is 18.5. The fraction of sp³-hybridized carbons (Fsp3) is 0.250. The molecule has 1 atom stereocenters. The van der Waals surface area contributed by atoms with E-state index in [-0.39, 0.29) is 36.4 Å². The van der Waals surface area contributed by atoms with Crippen molar-refractivity contribution < 1.29 is 14.7 Å². The van der Waals surface area contributed by atoms with E-state index >= 15 is 0 Å². The Kier molecular flexibility index (Phi) is 4.09. The van der Waals surface area contributed by atoms with Crippen LogP contribution in [0.2, 0.25) is 0 Å². The SMILES string of the molecule is O=C(CC1CC(=O)NN1)N/N=C/c1ccccc1O. The van der Waals surface area contributed by atoms with Gasteiger partial charge < -0.3 is 5.11 Å². The van der Waals surface area contributed by atoms with Gasteiger partial charge in [-0.1, -0.05) is 12.1 Å². The summed E-state index contributed by atoms with van der Waals surface area (Å²) in [5.41, 5.74) is 7.98. The van der Waals surface area contributed by atoms with Gasteiger partial charge in [-0.15, -0.1) is 0 Å². The molecule has 1 saturated heterocycles. The number of carbonyl (C=O) groups is 2. The lowest BCUT2D eigenvalue weighted by atomic mass is 10.1. The van der Waals surface area contributed by atoms with Crippen molar-refractivity contribution in [1.82, 2.24) is 16.3 Å². The summed E-state index contributed by atoms with van der Waals surface area (Å²) in [6.45, 7) is 0. The Morgan fingerprint density at radius 3 is 3.00 bits per heavy atom. The second kappa shape index (κ2) is 5.96. The maximum atomic E-state index is 11.5. The number of hydrogen-bond donors (Lipinski definition) is 4. The number of nitrogens with one attached hydrogen (secondary N) is 3. The van der Waals surface area contributed by atoms with Gasteiger partial charge in [-0.2, -0.15) is 5.10 Å². The molecule has 7 heteroatoms.